The second kappa shape index (κ2) is 15.5. The van der Waals surface area contributed by atoms with E-state index in [2.05, 4.69) is 4.98 Å². The van der Waals surface area contributed by atoms with Crippen LogP contribution in [0, 0.1) is 12.7 Å². The number of thioether (sulfide) groups is 1. The summed E-state index contributed by atoms with van der Waals surface area (Å²) in [7, 11) is 0. The number of likely N-dealkylation sites (N-methyl/N-ethyl adjacent to an activating group) is 1. The second-order valence-corrected chi connectivity index (χ2v) is 10.4. The fraction of sp³-hybridized carbons (Fsp3) is 0.378. The molecule has 254 valence electrons. The fourth-order valence-corrected chi connectivity index (χ4v) is 4.74. The number of halogens is 4. The van der Waals surface area contributed by atoms with Gasteiger partial charge in [-0.1, -0.05) is 73.9 Å². The molecule has 1 aromatic heterocycles. The Morgan fingerprint density at radius 1 is 1.00 bits per heavy atom. The van der Waals surface area contributed by atoms with Gasteiger partial charge in [-0.25, -0.2) is 4.39 Å². The van der Waals surface area contributed by atoms with E-state index in [-0.39, 0.29) is 16.3 Å². The number of nitrogens with zero attached hydrogens (tertiary/aromatic N) is 4. The van der Waals surface area contributed by atoms with Gasteiger partial charge in [-0.15, -0.1) is 0 Å². The van der Waals surface area contributed by atoms with Crippen molar-refractivity contribution < 1.29 is 56.6 Å². The first kappa shape index (κ1) is 15.3. The molecular formula is C37H40F4N4O2S. The number of amides is 1. The van der Waals surface area contributed by atoms with Gasteiger partial charge in [-0.2, -0.15) is 18.2 Å². The molecule has 1 amide bonds. The van der Waals surface area contributed by atoms with Gasteiger partial charge in [0.15, 0.2) is 5.16 Å². The van der Waals surface area contributed by atoms with Gasteiger partial charge in [0.25, 0.3) is 5.56 Å². The normalized spacial score (nSPS) is 24.7. The molecule has 6 nitrogen and oxygen atoms in total. The lowest BCUT2D eigenvalue weighted by atomic mass is 9.98. The van der Waals surface area contributed by atoms with Crippen LogP contribution in [0.3, 0.4) is 0 Å². The maximum absolute atomic E-state index is 15.4. The Hall–Kier alpha value is -3.96. The van der Waals surface area contributed by atoms with Crippen LogP contribution in [-0.2, 0) is 42.5 Å². The van der Waals surface area contributed by atoms with Crippen LogP contribution in [-0.4, -0.2) is 51.3 Å². The molecule has 0 bridgehead atoms. The number of alkyl halides is 3. The number of fused-ring (bicyclic) bond motifs is 1. The molecule has 4 aromatic rings. The third kappa shape index (κ3) is 8.54. The summed E-state index contributed by atoms with van der Waals surface area (Å²) in [5.41, 5.74) is -12.7. The number of aromatic nitrogens is 2. The lowest BCUT2D eigenvalue weighted by Crippen LogP contribution is -2.40. The van der Waals surface area contributed by atoms with Crippen molar-refractivity contribution in [3.05, 3.63) is 116 Å². The van der Waals surface area contributed by atoms with Crippen LogP contribution in [0.4, 0.5) is 17.6 Å². The standard InChI is InChI=1S/C37H40F4N4O2S/c1-4-43(5-2)19-20-44(22-26-9-13-28(14-10-26)29-15-18-32(25(3)21-29)37(39,40)41)34(46)23-45-33-8-6-7-31(33)35(47)42-36(45)48-24-27-11-16-30(38)17-12-27/h9-18,21H,4-8,19-20,22-24H2,1-3H3/i6D2,7D2,8D2,9D,10D,11D,12D,13D,14D,15D,16D,17D,18D,19D2,20D2,21D,22D2,23D2. The Balaban J connectivity index is 1.94. The van der Waals surface area contributed by atoms with Crippen molar-refractivity contribution in [3.63, 3.8) is 0 Å². The summed E-state index contributed by atoms with van der Waals surface area (Å²) in [5, 5.41) is -1.33. The molecule has 0 saturated heterocycles. The predicted octanol–water partition coefficient (Wildman–Crippen LogP) is 7.53. The Labute approximate surface area is 317 Å². The van der Waals surface area contributed by atoms with Crippen LogP contribution in [0.5, 0.6) is 0 Å². The molecule has 0 saturated carbocycles. The largest absolute Gasteiger partial charge is 0.416 e. The maximum Gasteiger partial charge on any atom is 0.416 e. The minimum atomic E-state index is -5.32. The zero-order valence-electron chi connectivity index (χ0n) is 50.1. The topological polar surface area (TPSA) is 58.4 Å². The van der Waals surface area contributed by atoms with Crippen molar-refractivity contribution >= 4 is 17.7 Å². The summed E-state index contributed by atoms with van der Waals surface area (Å²) in [5.74, 6) is -5.39. The van der Waals surface area contributed by atoms with E-state index in [1.165, 1.54) is 13.8 Å². The predicted molar refractivity (Wildman–Crippen MR) is 181 cm³/mol. The zero-order chi connectivity index (χ0) is 56.5. The molecule has 3 aromatic carbocycles. The number of benzene rings is 3. The van der Waals surface area contributed by atoms with Crippen LogP contribution < -0.4 is 5.56 Å². The quantitative estimate of drug-likeness (QED) is 0.0819. The number of hydrogen-bond donors (Lipinski definition) is 0. The summed E-state index contributed by atoms with van der Waals surface area (Å²) >= 11 is -0.0527. The van der Waals surface area contributed by atoms with Crippen LogP contribution in [0.25, 0.3) is 11.1 Å². The van der Waals surface area contributed by atoms with Gasteiger partial charge >= 0.3 is 6.18 Å². The molecule has 11 heteroatoms. The summed E-state index contributed by atoms with van der Waals surface area (Å²) in [6, 6.07) is -15.2. The first-order valence-corrected chi connectivity index (χ1v) is 14.8. The molecule has 0 radical (unpaired) electrons. The van der Waals surface area contributed by atoms with Crippen LogP contribution in [0.1, 0.15) is 88.0 Å². The van der Waals surface area contributed by atoms with E-state index >= 15 is 4.79 Å². The van der Waals surface area contributed by atoms with E-state index in [1.807, 2.05) is 0 Å². The average Bonchev–Trinajstić information content (AvgIpc) is 3.37. The van der Waals surface area contributed by atoms with Gasteiger partial charge < -0.3 is 14.4 Å². The summed E-state index contributed by atoms with van der Waals surface area (Å²) in [6.07, 6.45) is -17.0. The van der Waals surface area contributed by atoms with Crippen molar-refractivity contribution in [1.29, 1.82) is 0 Å². The van der Waals surface area contributed by atoms with E-state index in [0.29, 0.717) is 11.8 Å². The molecule has 48 heavy (non-hydrogen) atoms. The lowest BCUT2D eigenvalue weighted by Gasteiger charge is -2.28. The number of carbonyl (C=O) groups excluding carboxylic acids is 1. The van der Waals surface area contributed by atoms with Gasteiger partial charge in [0.2, 0.25) is 5.91 Å². The number of rotatable bonds is 13. The van der Waals surface area contributed by atoms with E-state index in [4.69, 9.17) is 26.0 Å². The Kier molecular flexibility index (Phi) is 4.94. The molecule has 0 atom stereocenters. The van der Waals surface area contributed by atoms with E-state index in [1.54, 1.807) is 0 Å². The third-order valence-corrected chi connectivity index (χ3v) is 7.26. The van der Waals surface area contributed by atoms with Gasteiger partial charge in [-0.3, -0.25) is 9.59 Å². The van der Waals surface area contributed by atoms with Crippen LogP contribution >= 0.6 is 11.8 Å². The lowest BCUT2D eigenvalue weighted by molar-refractivity contribution is -0.138. The molecule has 0 spiro atoms. The smallest absolute Gasteiger partial charge is 0.336 e. The van der Waals surface area contributed by atoms with Crippen molar-refractivity contribution in [3.8, 4) is 11.1 Å². The second-order valence-electron chi connectivity index (χ2n) is 9.47. The maximum atomic E-state index is 15.4. The highest BCUT2D eigenvalue weighted by molar-refractivity contribution is 7.98. The van der Waals surface area contributed by atoms with E-state index < -0.39 is 209 Å². The zero-order valence-corrected chi connectivity index (χ0v) is 26.0. The van der Waals surface area contributed by atoms with Crippen LogP contribution in [0.15, 0.2) is 76.4 Å². The molecule has 1 heterocycles. The minimum Gasteiger partial charge on any atom is -0.336 e. The van der Waals surface area contributed by atoms with Crippen molar-refractivity contribution in [2.45, 2.75) is 70.0 Å². The highest BCUT2D eigenvalue weighted by atomic mass is 32.2. The Morgan fingerprint density at radius 3 is 2.33 bits per heavy atom. The monoisotopic (exact) mass is 705 g/mol. The summed E-state index contributed by atoms with van der Waals surface area (Å²) in [4.78, 5) is 32.4. The SMILES string of the molecule is [2H]c1c([2H])c(CSc2nc(=O)c3c(n2C([2H])([2H])C(=O)N(C([2H])([2H])c2c([2H])c([2H])c(-c4c([2H])c([2H])c(C(F)(F)F)c(C)c4[2H])c([2H])c2[2H])C([2H])([2H])C([2H])([2H])N(CC)CC)C([2H])([2H])C([2H])([2H])C3([2H])[2H])c([2H])c([2H])c1F. The average molecular weight is 706 g/mol. The molecule has 1 aliphatic carbocycles. The summed E-state index contributed by atoms with van der Waals surface area (Å²) in [6.45, 7) is -14.8. The highest BCUT2D eigenvalue weighted by Gasteiger charge is 2.32. The van der Waals surface area contributed by atoms with Gasteiger partial charge in [0.05, 0.1) is 28.9 Å². The molecule has 0 fully saturated rings. The number of hydrogen-bond acceptors (Lipinski definition) is 5. The third-order valence-electron chi connectivity index (χ3n) is 6.30. The molecule has 0 unspecified atom stereocenters. The molecule has 0 aliphatic heterocycles. The van der Waals surface area contributed by atoms with E-state index in [9.17, 15) is 30.6 Å². The van der Waals surface area contributed by atoms with Crippen molar-refractivity contribution in [2.75, 3.05) is 26.1 Å². The van der Waals surface area contributed by atoms with Crippen molar-refractivity contribution in [2.24, 2.45) is 0 Å². The molecule has 0 N–H and O–H groups in total. The van der Waals surface area contributed by atoms with Gasteiger partial charge in [-0.05, 0) is 85.1 Å². The molecule has 1 aliphatic rings. The van der Waals surface area contributed by atoms with Crippen LogP contribution in [0.2, 0.25) is 0 Å². The summed E-state index contributed by atoms with van der Waals surface area (Å²) < 4.78 is 275. The minimum absolute atomic E-state index is 0.0527. The first-order valence-electron chi connectivity index (χ1n) is 26.3. The molecule has 5 rings (SSSR count). The van der Waals surface area contributed by atoms with Gasteiger partial charge in [0.1, 0.15) is 12.3 Å². The van der Waals surface area contributed by atoms with Gasteiger partial charge in [0, 0.05) is 47.5 Å². The highest BCUT2D eigenvalue weighted by Crippen LogP contribution is 2.34. The fourth-order valence-electron chi connectivity index (χ4n) is 3.91. The number of carbonyl (C=O) groups is 1. The van der Waals surface area contributed by atoms with E-state index in [0.717, 1.165) is 0 Å². The molecular weight excluding hydrogens is 640 g/mol. The Morgan fingerprint density at radius 2 is 1.67 bits per heavy atom. The van der Waals surface area contributed by atoms with Crippen molar-refractivity contribution in [1.82, 2.24) is 19.4 Å². The first-order chi connectivity index (χ1) is 32.9. The Bertz CT molecular complexity index is 2950.